The average molecular weight is 363 g/mol. The minimum Gasteiger partial charge on any atom is -0.294 e. The molecular formula is C20H30N2O2S. The van der Waals surface area contributed by atoms with Crippen LogP contribution in [0.15, 0.2) is 23.1 Å². The first-order valence-electron chi connectivity index (χ1n) is 9.86. The Morgan fingerprint density at radius 1 is 0.960 bits per heavy atom. The van der Waals surface area contributed by atoms with Crippen LogP contribution in [-0.2, 0) is 22.9 Å². The van der Waals surface area contributed by atoms with Crippen molar-refractivity contribution in [3.05, 3.63) is 29.3 Å². The Labute approximate surface area is 152 Å². The summed E-state index contributed by atoms with van der Waals surface area (Å²) >= 11 is 0. The van der Waals surface area contributed by atoms with E-state index in [1.165, 1.54) is 24.0 Å². The zero-order valence-corrected chi connectivity index (χ0v) is 16.3. The number of aryl methyl sites for hydroxylation is 2. The van der Waals surface area contributed by atoms with E-state index in [0.29, 0.717) is 36.1 Å². The Balaban J connectivity index is 1.56. The Morgan fingerprint density at radius 3 is 2.44 bits per heavy atom. The molecule has 2 saturated heterocycles. The van der Waals surface area contributed by atoms with Gasteiger partial charge in [0.05, 0.1) is 4.90 Å². The summed E-state index contributed by atoms with van der Waals surface area (Å²) in [5, 5.41) is 0. The molecule has 0 saturated carbocycles. The summed E-state index contributed by atoms with van der Waals surface area (Å²) in [6.45, 7) is 5.88. The number of rotatable bonds is 3. The first kappa shape index (κ1) is 17.5. The van der Waals surface area contributed by atoms with Crippen molar-refractivity contribution in [2.24, 2.45) is 0 Å². The third-order valence-electron chi connectivity index (χ3n) is 6.51. The van der Waals surface area contributed by atoms with Gasteiger partial charge in [-0.15, -0.1) is 0 Å². The van der Waals surface area contributed by atoms with E-state index < -0.39 is 10.0 Å². The highest BCUT2D eigenvalue weighted by Crippen LogP contribution is 2.32. The highest BCUT2D eigenvalue weighted by molar-refractivity contribution is 7.89. The first-order chi connectivity index (χ1) is 12.0. The quantitative estimate of drug-likeness (QED) is 0.829. The molecule has 0 amide bonds. The minimum absolute atomic E-state index is 0.366. The van der Waals surface area contributed by atoms with E-state index in [1.807, 2.05) is 18.2 Å². The zero-order chi connectivity index (χ0) is 17.6. The van der Waals surface area contributed by atoms with E-state index in [2.05, 4.69) is 18.7 Å². The highest BCUT2D eigenvalue weighted by Gasteiger charge is 2.38. The monoisotopic (exact) mass is 362 g/mol. The number of likely N-dealkylation sites (tertiary alicyclic amines) is 1. The van der Waals surface area contributed by atoms with Crippen molar-refractivity contribution in [3.63, 3.8) is 0 Å². The topological polar surface area (TPSA) is 40.6 Å². The van der Waals surface area contributed by atoms with Crippen molar-refractivity contribution in [1.82, 2.24) is 9.21 Å². The van der Waals surface area contributed by atoms with Crippen LogP contribution in [0.5, 0.6) is 0 Å². The largest absolute Gasteiger partial charge is 0.294 e. The molecule has 25 heavy (non-hydrogen) atoms. The van der Waals surface area contributed by atoms with Crippen LogP contribution in [-0.4, -0.2) is 48.8 Å². The third-order valence-corrected chi connectivity index (χ3v) is 8.37. The van der Waals surface area contributed by atoms with Crippen LogP contribution in [0.25, 0.3) is 0 Å². The summed E-state index contributed by atoms with van der Waals surface area (Å²) in [4.78, 5) is 3.07. The van der Waals surface area contributed by atoms with Gasteiger partial charge in [0.1, 0.15) is 0 Å². The number of hydrogen-bond donors (Lipinski definition) is 0. The van der Waals surface area contributed by atoms with Crippen molar-refractivity contribution in [2.45, 2.75) is 81.8 Å². The molecule has 1 aromatic carbocycles. The molecule has 5 heteroatoms. The van der Waals surface area contributed by atoms with Crippen LogP contribution in [0.3, 0.4) is 0 Å². The molecule has 0 radical (unpaired) electrons. The van der Waals surface area contributed by atoms with Crippen molar-refractivity contribution in [2.75, 3.05) is 13.1 Å². The van der Waals surface area contributed by atoms with E-state index in [4.69, 9.17) is 0 Å². The standard InChI is InChI=1S/C20H30N2O2S/c1-15-8-9-16(2)22(15)19-7-4-12-21(14-19)25(23,24)20-11-10-17-5-3-6-18(17)13-20/h10-11,13,15-16,19H,3-9,12,14H2,1-2H3/t15-,16-,19-/m1/s1. The van der Waals surface area contributed by atoms with Crippen LogP contribution >= 0.6 is 0 Å². The van der Waals surface area contributed by atoms with Gasteiger partial charge >= 0.3 is 0 Å². The molecule has 2 fully saturated rings. The van der Waals surface area contributed by atoms with Gasteiger partial charge in [0.25, 0.3) is 0 Å². The fourth-order valence-corrected chi connectivity index (χ4v) is 6.74. The molecule has 0 aromatic heterocycles. The van der Waals surface area contributed by atoms with Gasteiger partial charge in [-0.05, 0) is 82.1 Å². The van der Waals surface area contributed by atoms with Gasteiger partial charge in [-0.1, -0.05) is 6.07 Å². The summed E-state index contributed by atoms with van der Waals surface area (Å²) in [7, 11) is -3.37. The second-order valence-electron chi connectivity index (χ2n) is 8.17. The lowest BCUT2D eigenvalue weighted by atomic mass is 10.0. The molecule has 0 N–H and O–H groups in total. The van der Waals surface area contributed by atoms with Gasteiger partial charge in [0.15, 0.2) is 0 Å². The number of fused-ring (bicyclic) bond motifs is 1. The van der Waals surface area contributed by atoms with Gasteiger partial charge in [0.2, 0.25) is 10.0 Å². The van der Waals surface area contributed by atoms with Crippen LogP contribution in [0, 0.1) is 0 Å². The fraction of sp³-hybridized carbons (Fsp3) is 0.700. The fourth-order valence-electron chi connectivity index (χ4n) is 5.18. The minimum atomic E-state index is -3.37. The maximum Gasteiger partial charge on any atom is 0.243 e. The smallest absolute Gasteiger partial charge is 0.243 e. The molecule has 0 unspecified atom stereocenters. The van der Waals surface area contributed by atoms with E-state index in [1.54, 1.807) is 4.31 Å². The van der Waals surface area contributed by atoms with Crippen LogP contribution < -0.4 is 0 Å². The van der Waals surface area contributed by atoms with Crippen LogP contribution in [0.4, 0.5) is 0 Å². The Bertz CT molecular complexity index is 736. The molecule has 3 atom stereocenters. The average Bonchev–Trinajstić information content (AvgIpc) is 3.20. The highest BCUT2D eigenvalue weighted by atomic mass is 32.2. The van der Waals surface area contributed by atoms with Crippen molar-refractivity contribution in [1.29, 1.82) is 0 Å². The lowest BCUT2D eigenvalue weighted by Crippen LogP contribution is -2.52. The summed E-state index contributed by atoms with van der Waals surface area (Å²) in [6.07, 6.45) is 7.80. The van der Waals surface area contributed by atoms with E-state index in [-0.39, 0.29) is 0 Å². The summed E-state index contributed by atoms with van der Waals surface area (Å²) in [5.41, 5.74) is 2.56. The molecule has 0 bridgehead atoms. The Morgan fingerprint density at radius 2 is 1.68 bits per heavy atom. The van der Waals surface area contributed by atoms with Gasteiger partial charge in [-0.25, -0.2) is 8.42 Å². The van der Waals surface area contributed by atoms with E-state index in [9.17, 15) is 8.42 Å². The number of hydrogen-bond acceptors (Lipinski definition) is 3. The molecule has 138 valence electrons. The number of nitrogens with zero attached hydrogens (tertiary/aromatic N) is 2. The lowest BCUT2D eigenvalue weighted by Gasteiger charge is -2.41. The molecule has 0 spiro atoms. The molecule has 2 aliphatic heterocycles. The zero-order valence-electron chi connectivity index (χ0n) is 15.4. The van der Waals surface area contributed by atoms with E-state index >= 15 is 0 Å². The summed E-state index contributed by atoms with van der Waals surface area (Å²) in [5.74, 6) is 0. The molecule has 2 heterocycles. The van der Waals surface area contributed by atoms with Crippen LogP contribution in [0.2, 0.25) is 0 Å². The van der Waals surface area contributed by atoms with Gasteiger partial charge in [-0.3, -0.25) is 4.90 Å². The van der Waals surface area contributed by atoms with Crippen molar-refractivity contribution < 1.29 is 8.42 Å². The second-order valence-corrected chi connectivity index (χ2v) is 10.1. The van der Waals surface area contributed by atoms with Gasteiger partial charge < -0.3 is 0 Å². The molecule has 1 aromatic rings. The van der Waals surface area contributed by atoms with Crippen molar-refractivity contribution >= 4 is 10.0 Å². The maximum absolute atomic E-state index is 13.2. The Kier molecular flexibility index (Phi) is 4.67. The van der Waals surface area contributed by atoms with E-state index in [0.717, 1.165) is 32.1 Å². The van der Waals surface area contributed by atoms with Gasteiger partial charge in [-0.2, -0.15) is 4.31 Å². The SMILES string of the molecule is C[C@@H]1CC[C@@H](C)N1[C@@H]1CCCN(S(=O)(=O)c2ccc3c(c2)CCC3)C1. The molecule has 4 nitrogen and oxygen atoms in total. The normalized spacial score (nSPS) is 31.4. The summed E-state index contributed by atoms with van der Waals surface area (Å²) in [6, 6.07) is 7.30. The maximum atomic E-state index is 13.2. The number of sulfonamides is 1. The predicted octanol–water partition coefficient (Wildman–Crippen LogP) is 3.20. The lowest BCUT2D eigenvalue weighted by molar-refractivity contribution is 0.0979. The predicted molar refractivity (Wildman–Crippen MR) is 100 cm³/mol. The molecule has 4 rings (SSSR count). The molecule has 3 aliphatic rings. The van der Waals surface area contributed by atoms with Crippen LogP contribution in [0.1, 0.15) is 57.1 Å². The molecular weight excluding hydrogens is 332 g/mol. The first-order valence-corrected chi connectivity index (χ1v) is 11.3. The third kappa shape index (κ3) is 3.15. The Hall–Kier alpha value is -0.910. The van der Waals surface area contributed by atoms with Crippen molar-refractivity contribution in [3.8, 4) is 0 Å². The van der Waals surface area contributed by atoms with Gasteiger partial charge in [0, 0.05) is 31.2 Å². The number of benzene rings is 1. The number of piperidine rings is 1. The second kappa shape index (κ2) is 6.67. The molecule has 1 aliphatic carbocycles. The summed E-state index contributed by atoms with van der Waals surface area (Å²) < 4.78 is 28.2.